The lowest BCUT2D eigenvalue weighted by molar-refractivity contribution is -0.0852. The van der Waals surface area contributed by atoms with E-state index in [1.165, 1.54) is 0 Å². The van der Waals surface area contributed by atoms with Crippen molar-refractivity contribution in [2.24, 2.45) is 11.8 Å². The van der Waals surface area contributed by atoms with Crippen LogP contribution in [0.1, 0.15) is 53.6 Å². The van der Waals surface area contributed by atoms with Crippen LogP contribution in [0.2, 0.25) is 0 Å². The average Bonchev–Trinajstić information content (AvgIpc) is 2.96. The molecule has 5 atom stereocenters. The molecule has 2 aromatic rings. The van der Waals surface area contributed by atoms with Gasteiger partial charge in [0.25, 0.3) is 0 Å². The van der Waals surface area contributed by atoms with Crippen molar-refractivity contribution in [1.82, 2.24) is 0 Å². The summed E-state index contributed by atoms with van der Waals surface area (Å²) < 4.78 is 12.6. The number of hydrogen-bond donors (Lipinski definition) is 3. The van der Waals surface area contributed by atoms with Gasteiger partial charge in [-0.3, -0.25) is 0 Å². The lowest BCUT2D eigenvalue weighted by Gasteiger charge is -2.44. The summed E-state index contributed by atoms with van der Waals surface area (Å²) in [6.45, 7) is 1.78. The number of para-hydroxylation sites is 1. The van der Waals surface area contributed by atoms with E-state index in [0.717, 1.165) is 43.4 Å². The molecule has 0 spiro atoms. The van der Waals surface area contributed by atoms with Crippen molar-refractivity contribution in [3.05, 3.63) is 71.3 Å². The van der Waals surface area contributed by atoms with Crippen LogP contribution in [0.5, 0.6) is 11.5 Å². The standard InChI is InChI=1S/C28H32O6/c1-17-20(27(31)32)10-8-18-9-11-22-21(23(29)16-24(22)33-26(17)18)12-13-25(30)28(14-5-15-28)34-19-6-3-2-4-7-19/h2-4,6-8,10,12-13,21-25,29-30H,5,9,11,14-16H2,1H3,(H,31,32)/b13-12+/t21-,22-,23-,24+,25?/m1/s1. The number of ether oxygens (including phenoxy) is 2. The normalized spacial score (nSPS) is 28.2. The molecule has 0 aromatic heterocycles. The third-order valence-electron chi connectivity index (χ3n) is 7.94. The predicted octanol–water partition coefficient (Wildman–Crippen LogP) is 4.30. The number of carbonyl (C=O) groups is 1. The average molecular weight is 465 g/mol. The van der Waals surface area contributed by atoms with Gasteiger partial charge in [0.15, 0.2) is 0 Å². The smallest absolute Gasteiger partial charge is 0.336 e. The Balaban J connectivity index is 1.32. The topological polar surface area (TPSA) is 96.2 Å². The monoisotopic (exact) mass is 464 g/mol. The molecule has 5 rings (SSSR count). The lowest BCUT2D eigenvalue weighted by atomic mass is 9.75. The van der Waals surface area contributed by atoms with E-state index in [1.807, 2.05) is 42.5 Å². The van der Waals surface area contributed by atoms with Gasteiger partial charge in [-0.25, -0.2) is 4.79 Å². The minimum atomic E-state index is -0.964. The molecule has 6 heteroatoms. The Hall–Kier alpha value is -2.83. The molecule has 0 bridgehead atoms. The van der Waals surface area contributed by atoms with E-state index in [-0.39, 0.29) is 23.5 Å². The van der Waals surface area contributed by atoms with Gasteiger partial charge in [-0.2, -0.15) is 0 Å². The van der Waals surface area contributed by atoms with E-state index < -0.39 is 23.8 Å². The highest BCUT2D eigenvalue weighted by Gasteiger charge is 2.47. The number of carboxylic acid groups (broad SMARTS) is 1. The van der Waals surface area contributed by atoms with Crippen molar-refractivity contribution < 1.29 is 29.6 Å². The first-order chi connectivity index (χ1) is 16.4. The van der Waals surface area contributed by atoms with Crippen molar-refractivity contribution in [1.29, 1.82) is 0 Å². The first kappa shape index (κ1) is 22.9. The van der Waals surface area contributed by atoms with E-state index in [0.29, 0.717) is 17.7 Å². The molecule has 2 aliphatic carbocycles. The van der Waals surface area contributed by atoms with Gasteiger partial charge in [0.1, 0.15) is 29.3 Å². The Morgan fingerprint density at radius 3 is 2.65 bits per heavy atom. The molecular weight excluding hydrogens is 432 g/mol. The fourth-order valence-corrected chi connectivity index (χ4v) is 5.82. The number of hydrogen-bond acceptors (Lipinski definition) is 5. The van der Waals surface area contributed by atoms with Gasteiger partial charge in [-0.05, 0) is 62.8 Å². The Morgan fingerprint density at radius 1 is 1.21 bits per heavy atom. The minimum absolute atomic E-state index is 0.0888. The molecule has 2 aromatic carbocycles. The van der Waals surface area contributed by atoms with E-state index in [2.05, 4.69) is 0 Å². The summed E-state index contributed by atoms with van der Waals surface area (Å²) in [6.07, 6.45) is 6.88. The van der Waals surface area contributed by atoms with Gasteiger partial charge in [-0.15, -0.1) is 0 Å². The molecule has 34 heavy (non-hydrogen) atoms. The van der Waals surface area contributed by atoms with Crippen molar-refractivity contribution in [3.63, 3.8) is 0 Å². The van der Waals surface area contributed by atoms with Gasteiger partial charge in [0, 0.05) is 23.8 Å². The molecule has 3 aliphatic rings. The molecule has 0 amide bonds. The number of aliphatic hydroxyl groups is 2. The van der Waals surface area contributed by atoms with Crippen molar-refractivity contribution in [3.8, 4) is 11.5 Å². The SMILES string of the molecule is Cc1c(C(=O)O)ccc2c1O[C@H]1C[C@@H](O)[C@H](/C=C/C(O)C3(Oc4ccccc4)CCC3)[C@H]1CC2. The number of benzene rings is 2. The number of carboxylic acids is 1. The molecule has 6 nitrogen and oxygen atoms in total. The van der Waals surface area contributed by atoms with Crippen molar-refractivity contribution in [2.45, 2.75) is 69.4 Å². The second-order valence-electron chi connectivity index (χ2n) is 9.93. The summed E-state index contributed by atoms with van der Waals surface area (Å²) in [4.78, 5) is 11.6. The number of aliphatic hydroxyl groups excluding tert-OH is 2. The van der Waals surface area contributed by atoms with Gasteiger partial charge < -0.3 is 24.8 Å². The summed E-state index contributed by atoms with van der Waals surface area (Å²) in [6, 6.07) is 13.1. The van der Waals surface area contributed by atoms with Gasteiger partial charge in [-0.1, -0.05) is 36.4 Å². The molecule has 2 saturated carbocycles. The molecule has 1 heterocycles. The van der Waals surface area contributed by atoms with Crippen LogP contribution in [-0.4, -0.2) is 45.2 Å². The largest absolute Gasteiger partial charge is 0.489 e. The quantitative estimate of drug-likeness (QED) is 0.552. The van der Waals surface area contributed by atoms with E-state index in [1.54, 1.807) is 19.1 Å². The zero-order valence-corrected chi connectivity index (χ0v) is 19.4. The van der Waals surface area contributed by atoms with E-state index >= 15 is 0 Å². The van der Waals surface area contributed by atoms with Crippen LogP contribution in [0.3, 0.4) is 0 Å². The molecule has 1 unspecified atom stereocenters. The van der Waals surface area contributed by atoms with Crippen LogP contribution >= 0.6 is 0 Å². The summed E-state index contributed by atoms with van der Waals surface area (Å²) in [7, 11) is 0. The highest BCUT2D eigenvalue weighted by Crippen LogP contribution is 2.45. The number of fused-ring (bicyclic) bond motifs is 2. The van der Waals surface area contributed by atoms with Crippen molar-refractivity contribution in [2.75, 3.05) is 0 Å². The minimum Gasteiger partial charge on any atom is -0.489 e. The zero-order valence-electron chi connectivity index (χ0n) is 19.4. The molecule has 0 radical (unpaired) electrons. The van der Waals surface area contributed by atoms with E-state index in [9.17, 15) is 20.1 Å². The van der Waals surface area contributed by atoms with Crippen LogP contribution in [-0.2, 0) is 6.42 Å². The maximum absolute atomic E-state index is 11.6. The van der Waals surface area contributed by atoms with E-state index in [4.69, 9.17) is 9.47 Å². The number of rotatable bonds is 6. The Labute approximate surface area is 199 Å². The maximum Gasteiger partial charge on any atom is 0.336 e. The predicted molar refractivity (Wildman–Crippen MR) is 127 cm³/mol. The second-order valence-corrected chi connectivity index (χ2v) is 9.93. The first-order valence-corrected chi connectivity index (χ1v) is 12.2. The third kappa shape index (κ3) is 4.10. The van der Waals surface area contributed by atoms with Gasteiger partial charge >= 0.3 is 5.97 Å². The van der Waals surface area contributed by atoms with Crippen LogP contribution in [0.4, 0.5) is 0 Å². The summed E-state index contributed by atoms with van der Waals surface area (Å²) in [5.41, 5.74) is 1.28. The highest BCUT2D eigenvalue weighted by molar-refractivity contribution is 5.90. The number of aromatic carboxylic acids is 1. The summed E-state index contributed by atoms with van der Waals surface area (Å²) in [5, 5.41) is 31.4. The van der Waals surface area contributed by atoms with Gasteiger partial charge in [0.2, 0.25) is 0 Å². The fraction of sp³-hybridized carbons (Fsp3) is 0.464. The summed E-state index contributed by atoms with van der Waals surface area (Å²) >= 11 is 0. The fourth-order valence-electron chi connectivity index (χ4n) is 5.82. The van der Waals surface area contributed by atoms with Crippen molar-refractivity contribution >= 4 is 5.97 Å². The zero-order chi connectivity index (χ0) is 23.9. The Kier molecular flexibility index (Phi) is 6.13. The maximum atomic E-state index is 11.6. The van der Waals surface area contributed by atoms with Crippen LogP contribution in [0, 0.1) is 18.8 Å². The number of aryl methyl sites for hydroxylation is 1. The molecule has 0 saturated heterocycles. The molecule has 2 fully saturated rings. The lowest BCUT2D eigenvalue weighted by Crippen LogP contribution is -2.52. The second kappa shape index (κ2) is 9.08. The summed E-state index contributed by atoms with van der Waals surface area (Å²) in [5.74, 6) is 0.386. The Bertz CT molecular complexity index is 1070. The van der Waals surface area contributed by atoms with Crippen LogP contribution in [0.25, 0.3) is 0 Å². The third-order valence-corrected chi connectivity index (χ3v) is 7.94. The molecule has 180 valence electrons. The molecule has 3 N–H and O–H groups in total. The van der Waals surface area contributed by atoms with Crippen LogP contribution < -0.4 is 9.47 Å². The molecule has 1 aliphatic heterocycles. The highest BCUT2D eigenvalue weighted by atomic mass is 16.5. The molecular formula is C28H32O6. The van der Waals surface area contributed by atoms with Crippen LogP contribution in [0.15, 0.2) is 54.6 Å². The first-order valence-electron chi connectivity index (χ1n) is 12.2. The Morgan fingerprint density at radius 2 is 1.97 bits per heavy atom. The van der Waals surface area contributed by atoms with Gasteiger partial charge in [0.05, 0.1) is 11.7 Å².